The van der Waals surface area contributed by atoms with Gasteiger partial charge in [-0.2, -0.15) is 0 Å². The average molecular weight is 193 g/mol. The molecule has 1 saturated heterocycles. The van der Waals surface area contributed by atoms with Crippen LogP contribution in [-0.2, 0) is 9.59 Å². The fraction of sp³-hybridized carbons (Fsp3) is 0.818. The third-order valence-corrected chi connectivity index (χ3v) is 4.19. The fourth-order valence-corrected chi connectivity index (χ4v) is 3.19. The molecule has 0 aromatic heterocycles. The van der Waals surface area contributed by atoms with Gasteiger partial charge in [-0.15, -0.1) is 0 Å². The quantitative estimate of drug-likeness (QED) is 0.620. The predicted molar refractivity (Wildman–Crippen MR) is 50.5 cm³/mol. The van der Waals surface area contributed by atoms with Gasteiger partial charge < -0.3 is 5.32 Å². The first kappa shape index (κ1) is 8.45. The zero-order chi connectivity index (χ0) is 9.71. The largest absolute Gasteiger partial charge is 0.352 e. The number of hydrogen-bond donors (Lipinski definition) is 1. The van der Waals surface area contributed by atoms with Gasteiger partial charge in [0.05, 0.1) is 0 Å². The molecule has 4 atom stereocenters. The first-order valence-corrected chi connectivity index (χ1v) is 5.61. The molecule has 1 N–H and O–H groups in total. The minimum absolute atomic E-state index is 0.0214. The summed E-state index contributed by atoms with van der Waals surface area (Å²) in [7, 11) is 0. The average Bonchev–Trinajstić information content (AvgIpc) is 2.46. The molecule has 14 heavy (non-hydrogen) atoms. The Morgan fingerprint density at radius 1 is 0.929 bits per heavy atom. The third kappa shape index (κ3) is 0.983. The normalized spacial score (nSPS) is 46.0. The summed E-state index contributed by atoms with van der Waals surface area (Å²) < 4.78 is 0. The molecule has 0 bridgehead atoms. The van der Waals surface area contributed by atoms with Crippen LogP contribution >= 0.6 is 0 Å². The number of fused-ring (bicyclic) bond motifs is 2. The van der Waals surface area contributed by atoms with Crippen LogP contribution in [0.25, 0.3) is 0 Å². The van der Waals surface area contributed by atoms with E-state index in [0.29, 0.717) is 5.78 Å². The van der Waals surface area contributed by atoms with Crippen molar-refractivity contribution >= 4 is 11.7 Å². The van der Waals surface area contributed by atoms with E-state index >= 15 is 0 Å². The number of hydrogen-bond acceptors (Lipinski definition) is 2. The van der Waals surface area contributed by atoms with Crippen LogP contribution in [0.3, 0.4) is 0 Å². The lowest BCUT2D eigenvalue weighted by Gasteiger charge is -2.32. The Balaban J connectivity index is 1.91. The van der Waals surface area contributed by atoms with Crippen LogP contribution in [-0.4, -0.2) is 17.7 Å². The van der Waals surface area contributed by atoms with Gasteiger partial charge in [-0.25, -0.2) is 0 Å². The molecule has 3 aliphatic rings. The van der Waals surface area contributed by atoms with Crippen molar-refractivity contribution in [2.24, 2.45) is 17.8 Å². The summed E-state index contributed by atoms with van der Waals surface area (Å²) in [6, 6.07) is 0.167. The van der Waals surface area contributed by atoms with Crippen LogP contribution in [0.1, 0.15) is 32.1 Å². The van der Waals surface area contributed by atoms with Crippen molar-refractivity contribution in [3.63, 3.8) is 0 Å². The minimum atomic E-state index is 0.0214. The van der Waals surface area contributed by atoms with E-state index in [1.165, 1.54) is 0 Å². The van der Waals surface area contributed by atoms with Crippen LogP contribution in [0, 0.1) is 17.8 Å². The summed E-state index contributed by atoms with van der Waals surface area (Å²) in [5.41, 5.74) is 0. The van der Waals surface area contributed by atoms with Crippen LogP contribution in [0.4, 0.5) is 0 Å². The number of nitrogens with one attached hydrogen (secondary N) is 1. The van der Waals surface area contributed by atoms with Crippen LogP contribution in [0.5, 0.6) is 0 Å². The van der Waals surface area contributed by atoms with Gasteiger partial charge in [-0.3, -0.25) is 9.59 Å². The summed E-state index contributed by atoms with van der Waals surface area (Å²) in [6.45, 7) is 0. The molecule has 2 aliphatic carbocycles. The lowest BCUT2D eigenvalue weighted by Crippen LogP contribution is -2.41. The summed E-state index contributed by atoms with van der Waals surface area (Å²) in [6.07, 6.45) is 4.95. The molecule has 76 valence electrons. The smallest absolute Gasteiger partial charge is 0.224 e. The summed E-state index contributed by atoms with van der Waals surface area (Å²) in [5.74, 6) is 0.761. The molecule has 3 heteroatoms. The van der Waals surface area contributed by atoms with Gasteiger partial charge in [-0.05, 0) is 25.7 Å². The molecule has 1 heterocycles. The Labute approximate surface area is 83.2 Å². The van der Waals surface area contributed by atoms with Crippen LogP contribution in [0.2, 0.25) is 0 Å². The molecule has 0 radical (unpaired) electrons. The maximum atomic E-state index is 12.0. The van der Waals surface area contributed by atoms with Gasteiger partial charge in [-0.1, -0.05) is 6.42 Å². The molecule has 2 unspecified atom stereocenters. The molecule has 1 aliphatic heterocycles. The number of Topliss-reactive ketones (excluding diaryl/α,β-unsaturated/α-hetero) is 1. The van der Waals surface area contributed by atoms with E-state index in [9.17, 15) is 9.59 Å². The first-order chi connectivity index (χ1) is 6.77. The van der Waals surface area contributed by atoms with E-state index in [2.05, 4.69) is 5.32 Å². The monoisotopic (exact) mass is 193 g/mol. The summed E-state index contributed by atoms with van der Waals surface area (Å²) in [4.78, 5) is 23.7. The van der Waals surface area contributed by atoms with E-state index in [0.717, 1.165) is 32.1 Å². The van der Waals surface area contributed by atoms with Gasteiger partial charge in [0, 0.05) is 23.8 Å². The van der Waals surface area contributed by atoms with Crippen molar-refractivity contribution in [2.45, 2.75) is 38.1 Å². The minimum Gasteiger partial charge on any atom is -0.352 e. The molecule has 1 amide bonds. The topological polar surface area (TPSA) is 46.2 Å². The Kier molecular flexibility index (Phi) is 1.70. The first-order valence-electron chi connectivity index (χ1n) is 5.61. The molecule has 3 nitrogen and oxygen atoms in total. The lowest BCUT2D eigenvalue weighted by molar-refractivity contribution is -0.137. The number of carbonyl (C=O) groups is 2. The van der Waals surface area contributed by atoms with Crippen molar-refractivity contribution in [3.8, 4) is 0 Å². The maximum Gasteiger partial charge on any atom is 0.224 e. The molecule has 2 saturated carbocycles. The van der Waals surface area contributed by atoms with E-state index in [1.54, 1.807) is 0 Å². The Morgan fingerprint density at radius 2 is 1.71 bits per heavy atom. The zero-order valence-corrected chi connectivity index (χ0v) is 8.16. The molecule has 0 spiro atoms. The van der Waals surface area contributed by atoms with Gasteiger partial charge in [0.2, 0.25) is 5.91 Å². The second-order valence-electron chi connectivity index (χ2n) is 4.85. The molecule has 3 fully saturated rings. The van der Waals surface area contributed by atoms with E-state index < -0.39 is 0 Å². The second-order valence-corrected chi connectivity index (χ2v) is 4.85. The van der Waals surface area contributed by atoms with Crippen molar-refractivity contribution in [1.29, 1.82) is 0 Å². The standard InChI is InChI=1S/C11H15NO2/c13-10-6-4-5-7(6)11(14)12-9-3-1-2-8(9)10/h6-9H,1-5H2,(H,12,14)/t6-,7+,8?,9?/m0/s1. The van der Waals surface area contributed by atoms with Crippen molar-refractivity contribution < 1.29 is 9.59 Å². The Morgan fingerprint density at radius 3 is 2.43 bits per heavy atom. The van der Waals surface area contributed by atoms with Crippen LogP contribution in [0.15, 0.2) is 0 Å². The van der Waals surface area contributed by atoms with Gasteiger partial charge in [0.15, 0.2) is 0 Å². The highest BCUT2D eigenvalue weighted by Crippen LogP contribution is 2.42. The predicted octanol–water partition coefficient (Wildman–Crippen LogP) is 0.880. The number of ketones is 1. The van der Waals surface area contributed by atoms with E-state index in [1.807, 2.05) is 0 Å². The van der Waals surface area contributed by atoms with Crippen molar-refractivity contribution in [2.75, 3.05) is 0 Å². The second kappa shape index (κ2) is 2.81. The lowest BCUT2D eigenvalue weighted by atomic mass is 9.69. The summed E-state index contributed by atoms with van der Waals surface area (Å²) >= 11 is 0. The fourth-order valence-electron chi connectivity index (χ4n) is 3.19. The highest BCUT2D eigenvalue weighted by atomic mass is 16.2. The number of amides is 1. The molecule has 0 aromatic carbocycles. The Bertz CT molecular complexity index is 300. The maximum absolute atomic E-state index is 12.0. The molecule has 0 aromatic rings. The van der Waals surface area contributed by atoms with E-state index in [-0.39, 0.29) is 29.7 Å². The third-order valence-electron chi connectivity index (χ3n) is 4.19. The molecular weight excluding hydrogens is 178 g/mol. The molecular formula is C11H15NO2. The van der Waals surface area contributed by atoms with Crippen molar-refractivity contribution in [3.05, 3.63) is 0 Å². The number of carbonyl (C=O) groups excluding carboxylic acids is 2. The zero-order valence-electron chi connectivity index (χ0n) is 8.16. The Hall–Kier alpha value is -0.860. The SMILES string of the molecule is O=C1C2CCCC2NC(=O)[C@@H]2CC[C@H]12. The summed E-state index contributed by atoms with van der Waals surface area (Å²) in [5, 5.41) is 3.04. The molecule has 3 rings (SSSR count). The highest BCUT2D eigenvalue weighted by molar-refractivity contribution is 5.94. The van der Waals surface area contributed by atoms with E-state index in [4.69, 9.17) is 0 Å². The van der Waals surface area contributed by atoms with Gasteiger partial charge >= 0.3 is 0 Å². The van der Waals surface area contributed by atoms with Crippen molar-refractivity contribution in [1.82, 2.24) is 5.32 Å². The van der Waals surface area contributed by atoms with Gasteiger partial charge in [0.25, 0.3) is 0 Å². The highest BCUT2D eigenvalue weighted by Gasteiger charge is 2.49. The number of rotatable bonds is 0. The van der Waals surface area contributed by atoms with Gasteiger partial charge in [0.1, 0.15) is 5.78 Å². The van der Waals surface area contributed by atoms with Crippen LogP contribution < -0.4 is 5.32 Å².